The van der Waals surface area contributed by atoms with Crippen LogP contribution in [0.4, 0.5) is 17.6 Å². The second kappa shape index (κ2) is 8.75. The van der Waals surface area contributed by atoms with Crippen LogP contribution in [0, 0.1) is 12.8 Å². The first-order valence-corrected chi connectivity index (χ1v) is 13.5. The molecule has 10 nitrogen and oxygen atoms in total. The number of aliphatic hydroxyl groups is 1. The number of aryl methyl sites for hydroxylation is 1. The maximum absolute atomic E-state index is 9.31. The molecule has 0 aromatic carbocycles. The third-order valence-electron chi connectivity index (χ3n) is 7.39. The predicted molar refractivity (Wildman–Crippen MR) is 140 cm³/mol. The Morgan fingerprint density at radius 3 is 2.81 bits per heavy atom. The lowest BCUT2D eigenvalue weighted by molar-refractivity contribution is 0.176. The second-order valence-corrected chi connectivity index (χ2v) is 11.2. The lowest BCUT2D eigenvalue weighted by atomic mass is 10.2. The molecule has 3 aliphatic rings. The molecule has 0 unspecified atom stereocenters. The monoisotopic (exact) mass is 503 g/mol. The molecule has 1 saturated carbocycles. The number of aromatic nitrogens is 6. The number of aliphatic hydroxyl groups excluding tert-OH is 1. The number of nitrogens with zero attached hydrogens (tertiary/aromatic N) is 8. The number of anilines is 3. The number of piperazine rings is 1. The Bertz CT molecular complexity index is 1410. The number of nitrogens with one attached hydrogen (secondary N) is 1. The summed E-state index contributed by atoms with van der Waals surface area (Å²) in [6, 6.07) is 4.79. The number of fused-ring (bicyclic) bond motifs is 3. The second-order valence-electron chi connectivity index (χ2n) is 10.2. The summed E-state index contributed by atoms with van der Waals surface area (Å²) < 4.78 is 3.08. The Hall–Kier alpha value is -3.15. The van der Waals surface area contributed by atoms with E-state index in [1.165, 1.54) is 12.8 Å². The number of thiazole rings is 1. The Morgan fingerprint density at radius 1 is 1.08 bits per heavy atom. The van der Waals surface area contributed by atoms with Crippen molar-refractivity contribution in [1.29, 1.82) is 0 Å². The van der Waals surface area contributed by atoms with Crippen molar-refractivity contribution in [2.24, 2.45) is 5.92 Å². The minimum Gasteiger partial charge on any atom is -0.395 e. The fourth-order valence-electron chi connectivity index (χ4n) is 5.44. The van der Waals surface area contributed by atoms with Crippen molar-refractivity contribution >= 4 is 39.1 Å². The first kappa shape index (κ1) is 22.1. The van der Waals surface area contributed by atoms with E-state index in [1.807, 2.05) is 36.1 Å². The number of likely N-dealkylation sites (tertiary alicyclic amines) is 1. The fourth-order valence-corrected chi connectivity index (χ4v) is 6.33. The molecule has 2 N–H and O–H groups in total. The van der Waals surface area contributed by atoms with E-state index in [2.05, 4.69) is 31.4 Å². The molecule has 2 bridgehead atoms. The number of rotatable bonds is 8. The SMILES string of the molecule is Cc1cc(Nc2cc3nc(-c4cnn(CC5CC5)c4)sc3cn2)nc(N2C[C@@H]3C[C@H]2CN3CCO)n1. The first-order valence-electron chi connectivity index (χ1n) is 12.6. The van der Waals surface area contributed by atoms with Gasteiger partial charge in [-0.15, -0.1) is 11.3 Å². The van der Waals surface area contributed by atoms with Crippen LogP contribution in [0.5, 0.6) is 0 Å². The van der Waals surface area contributed by atoms with Crippen molar-refractivity contribution in [1.82, 2.24) is 34.6 Å². The van der Waals surface area contributed by atoms with Crippen LogP contribution in [0.25, 0.3) is 20.8 Å². The normalized spacial score (nSPS) is 21.7. The zero-order chi connectivity index (χ0) is 24.2. The van der Waals surface area contributed by atoms with E-state index in [4.69, 9.17) is 15.0 Å². The molecule has 2 saturated heterocycles. The average Bonchev–Trinajstić information content (AvgIpc) is 3.24. The third-order valence-corrected chi connectivity index (χ3v) is 8.45. The molecule has 11 heteroatoms. The first-order chi connectivity index (χ1) is 17.6. The smallest absolute Gasteiger partial charge is 0.227 e. The van der Waals surface area contributed by atoms with Gasteiger partial charge in [0, 0.05) is 74.0 Å². The van der Waals surface area contributed by atoms with E-state index < -0.39 is 0 Å². The zero-order valence-electron chi connectivity index (χ0n) is 20.2. The average molecular weight is 504 g/mol. The molecule has 4 aromatic rings. The largest absolute Gasteiger partial charge is 0.395 e. The van der Waals surface area contributed by atoms with Crippen LogP contribution in [0.2, 0.25) is 0 Å². The lowest BCUT2D eigenvalue weighted by Gasteiger charge is -2.34. The Morgan fingerprint density at radius 2 is 2.00 bits per heavy atom. The lowest BCUT2D eigenvalue weighted by Crippen LogP contribution is -2.47. The number of β-amino-alcohol motifs (C(OH)–C–C–N with tert-alkyl or cyclic N) is 1. The molecule has 1 aliphatic carbocycles. The van der Waals surface area contributed by atoms with Gasteiger partial charge in [-0.25, -0.2) is 15.0 Å². The summed E-state index contributed by atoms with van der Waals surface area (Å²) in [6.07, 6.45) is 9.61. The van der Waals surface area contributed by atoms with E-state index in [0.29, 0.717) is 17.9 Å². The van der Waals surface area contributed by atoms with Crippen molar-refractivity contribution in [3.8, 4) is 10.6 Å². The zero-order valence-corrected chi connectivity index (χ0v) is 21.0. The van der Waals surface area contributed by atoms with E-state index in [1.54, 1.807) is 11.3 Å². The highest BCUT2D eigenvalue weighted by Gasteiger charge is 2.44. The minimum atomic E-state index is 0.208. The Balaban J connectivity index is 1.09. The molecule has 2 aliphatic heterocycles. The van der Waals surface area contributed by atoms with Crippen LogP contribution in [0.3, 0.4) is 0 Å². The molecule has 3 fully saturated rings. The molecule has 4 aromatic heterocycles. The molecule has 36 heavy (non-hydrogen) atoms. The highest BCUT2D eigenvalue weighted by Crippen LogP contribution is 2.35. The van der Waals surface area contributed by atoms with Crippen LogP contribution in [0.1, 0.15) is 25.0 Å². The molecule has 0 spiro atoms. The van der Waals surface area contributed by atoms with Gasteiger partial charge < -0.3 is 15.3 Å². The maximum atomic E-state index is 9.31. The van der Waals surface area contributed by atoms with Gasteiger partial charge in [-0.05, 0) is 32.1 Å². The molecule has 186 valence electrons. The van der Waals surface area contributed by atoms with E-state index in [-0.39, 0.29) is 6.61 Å². The van der Waals surface area contributed by atoms with Crippen molar-refractivity contribution < 1.29 is 5.11 Å². The maximum Gasteiger partial charge on any atom is 0.227 e. The van der Waals surface area contributed by atoms with Crippen molar-refractivity contribution in [2.45, 2.75) is 44.8 Å². The van der Waals surface area contributed by atoms with Gasteiger partial charge in [-0.2, -0.15) is 10.1 Å². The topological polar surface area (TPSA) is 108 Å². The standard InChI is InChI=1S/C25H29N9OS/c1-15-6-23(31-25(28-15)34-14-18-7-19(34)13-32(18)4-5-35)30-22-8-20-21(10-26-22)36-24(29-20)17-9-27-33(12-17)11-16-2-3-16/h6,8-10,12,16,18-19,35H,2-5,7,11,13-14H2,1H3,(H,26,28,30,31)/t18-,19-/m0/s1. The van der Waals surface area contributed by atoms with Gasteiger partial charge in [0.2, 0.25) is 5.95 Å². The number of pyridine rings is 1. The van der Waals surface area contributed by atoms with Gasteiger partial charge in [0.25, 0.3) is 0 Å². The highest BCUT2D eigenvalue weighted by molar-refractivity contribution is 7.21. The molecule has 7 rings (SSSR count). The van der Waals surface area contributed by atoms with E-state index in [9.17, 15) is 5.11 Å². The summed E-state index contributed by atoms with van der Waals surface area (Å²) >= 11 is 1.64. The summed E-state index contributed by atoms with van der Waals surface area (Å²) in [7, 11) is 0. The van der Waals surface area contributed by atoms with E-state index >= 15 is 0 Å². The third kappa shape index (κ3) is 4.21. The highest BCUT2D eigenvalue weighted by atomic mass is 32.1. The molecule has 2 atom stereocenters. The van der Waals surface area contributed by atoms with Gasteiger partial charge >= 0.3 is 0 Å². The molecule has 0 radical (unpaired) electrons. The summed E-state index contributed by atoms with van der Waals surface area (Å²) in [4.78, 5) is 23.7. The summed E-state index contributed by atoms with van der Waals surface area (Å²) in [6.45, 7) is 5.80. The number of hydrogen-bond donors (Lipinski definition) is 2. The van der Waals surface area contributed by atoms with Crippen LogP contribution in [-0.4, -0.2) is 78.0 Å². The van der Waals surface area contributed by atoms with Crippen LogP contribution in [-0.2, 0) is 6.54 Å². The molecular weight excluding hydrogens is 474 g/mol. The van der Waals surface area contributed by atoms with E-state index in [0.717, 1.165) is 76.8 Å². The summed E-state index contributed by atoms with van der Waals surface area (Å²) in [5.41, 5.74) is 2.88. The quantitative estimate of drug-likeness (QED) is 0.375. The molecular formula is C25H29N9OS. The van der Waals surface area contributed by atoms with Gasteiger partial charge in [0.15, 0.2) is 0 Å². The summed E-state index contributed by atoms with van der Waals surface area (Å²) in [5, 5.41) is 18.2. The van der Waals surface area contributed by atoms with Crippen LogP contribution >= 0.6 is 11.3 Å². The fraction of sp³-hybridized carbons (Fsp3) is 0.480. The van der Waals surface area contributed by atoms with Gasteiger partial charge in [-0.1, -0.05) is 0 Å². The van der Waals surface area contributed by atoms with Gasteiger partial charge in [0.05, 0.1) is 23.0 Å². The van der Waals surface area contributed by atoms with Crippen molar-refractivity contribution in [3.05, 3.63) is 36.4 Å². The summed E-state index contributed by atoms with van der Waals surface area (Å²) in [5.74, 6) is 2.99. The van der Waals surface area contributed by atoms with Crippen molar-refractivity contribution in [3.63, 3.8) is 0 Å². The Labute approximate surface area is 213 Å². The molecule has 0 amide bonds. The Kier molecular flexibility index (Phi) is 5.37. The van der Waals surface area contributed by atoms with Crippen LogP contribution in [0.15, 0.2) is 30.7 Å². The predicted octanol–water partition coefficient (Wildman–Crippen LogP) is 3.06. The number of hydrogen-bond acceptors (Lipinski definition) is 10. The minimum absolute atomic E-state index is 0.208. The molecule has 6 heterocycles. The van der Waals surface area contributed by atoms with Crippen molar-refractivity contribution in [2.75, 3.05) is 36.5 Å². The van der Waals surface area contributed by atoms with Crippen LogP contribution < -0.4 is 10.2 Å². The van der Waals surface area contributed by atoms with Gasteiger partial charge in [0.1, 0.15) is 16.6 Å². The van der Waals surface area contributed by atoms with Gasteiger partial charge in [-0.3, -0.25) is 9.58 Å².